The highest BCUT2D eigenvalue weighted by molar-refractivity contribution is 8.18. The van der Waals surface area contributed by atoms with Gasteiger partial charge in [0.05, 0.1) is 23.6 Å². The van der Waals surface area contributed by atoms with Crippen molar-refractivity contribution in [3.63, 3.8) is 0 Å². The number of thioether (sulfide) groups is 1. The quantitative estimate of drug-likeness (QED) is 0.294. The first-order chi connectivity index (χ1) is 17.8. The fraction of sp³-hybridized carbons (Fsp3) is 0.185. The van der Waals surface area contributed by atoms with Crippen LogP contribution in [0.4, 0.5) is 4.79 Å². The summed E-state index contributed by atoms with van der Waals surface area (Å²) in [4.78, 5) is 27.2. The van der Waals surface area contributed by atoms with Gasteiger partial charge in [-0.15, -0.1) is 0 Å². The lowest BCUT2D eigenvalue weighted by Gasteiger charge is -2.14. The second kappa shape index (κ2) is 10.6. The van der Waals surface area contributed by atoms with Crippen LogP contribution in [0.5, 0.6) is 23.0 Å². The number of ether oxygens (including phenoxy) is 4. The van der Waals surface area contributed by atoms with E-state index in [0.717, 1.165) is 27.8 Å². The Labute approximate surface area is 227 Å². The molecule has 2 amide bonds. The molecule has 3 aromatic rings. The normalized spacial score (nSPS) is 15.6. The summed E-state index contributed by atoms with van der Waals surface area (Å²) in [6.07, 6.45) is 1.60. The summed E-state index contributed by atoms with van der Waals surface area (Å²) in [5, 5.41) is 0.302. The first-order valence-corrected chi connectivity index (χ1v) is 12.8. The fourth-order valence-corrected chi connectivity index (χ4v) is 5.28. The minimum Gasteiger partial charge on any atom is -0.493 e. The molecule has 1 saturated heterocycles. The standard InChI is InChI=1S/C27H21Cl2NO6S/c1-15-4-3-5-16(6-15)13-34-25-20(29)7-17(8-23(25)33-2)9-24-26(31)30(27(32)37-24)12-18-10-21-22(11-19(18)28)36-14-35-21/h3-11H,12-14H2,1-2H3/b24-9-. The van der Waals surface area contributed by atoms with E-state index < -0.39 is 11.1 Å². The zero-order valence-electron chi connectivity index (χ0n) is 19.9. The predicted octanol–water partition coefficient (Wildman–Crippen LogP) is 6.85. The fourth-order valence-electron chi connectivity index (χ4n) is 3.96. The van der Waals surface area contributed by atoms with Gasteiger partial charge < -0.3 is 18.9 Å². The summed E-state index contributed by atoms with van der Waals surface area (Å²) in [6.45, 7) is 2.43. The van der Waals surface area contributed by atoms with Crippen LogP contribution >= 0.6 is 35.0 Å². The molecule has 37 heavy (non-hydrogen) atoms. The van der Waals surface area contributed by atoms with E-state index in [1.165, 1.54) is 7.11 Å². The Morgan fingerprint density at radius 2 is 1.84 bits per heavy atom. The molecule has 0 N–H and O–H groups in total. The summed E-state index contributed by atoms with van der Waals surface area (Å²) < 4.78 is 22.1. The van der Waals surface area contributed by atoms with Gasteiger partial charge in [-0.3, -0.25) is 14.5 Å². The molecule has 3 aromatic carbocycles. The number of halogens is 2. The number of imide groups is 1. The van der Waals surface area contributed by atoms with Crippen LogP contribution in [0, 0.1) is 6.92 Å². The molecule has 0 bridgehead atoms. The maximum Gasteiger partial charge on any atom is 0.293 e. The third-order valence-electron chi connectivity index (χ3n) is 5.76. The van der Waals surface area contributed by atoms with Crippen molar-refractivity contribution < 1.29 is 28.5 Å². The lowest BCUT2D eigenvalue weighted by atomic mass is 10.1. The number of hydrogen-bond acceptors (Lipinski definition) is 7. The lowest BCUT2D eigenvalue weighted by Crippen LogP contribution is -2.27. The molecule has 2 aliphatic heterocycles. The number of nitrogens with zero attached hydrogens (tertiary/aromatic N) is 1. The summed E-state index contributed by atoms with van der Waals surface area (Å²) in [5.74, 6) is 1.43. The van der Waals surface area contributed by atoms with E-state index in [4.69, 9.17) is 42.1 Å². The molecular formula is C27H21Cl2NO6S. The summed E-state index contributed by atoms with van der Waals surface area (Å²) in [6, 6.07) is 14.6. The number of aryl methyl sites for hydroxylation is 1. The SMILES string of the molecule is COc1cc(/C=C2\SC(=O)N(Cc3cc4c(cc3Cl)OCO4)C2=O)cc(Cl)c1OCc1cccc(C)c1. The number of fused-ring (bicyclic) bond motifs is 1. The zero-order chi connectivity index (χ0) is 26.1. The Bertz CT molecular complexity index is 1440. The molecule has 0 unspecified atom stereocenters. The third kappa shape index (κ3) is 5.37. The first-order valence-electron chi connectivity index (χ1n) is 11.2. The molecule has 2 aliphatic rings. The molecule has 0 radical (unpaired) electrons. The van der Waals surface area contributed by atoms with Crippen LogP contribution < -0.4 is 18.9 Å². The van der Waals surface area contributed by atoms with Crippen LogP contribution in [-0.2, 0) is 17.9 Å². The van der Waals surface area contributed by atoms with Gasteiger partial charge in [0, 0.05) is 11.1 Å². The monoisotopic (exact) mass is 557 g/mol. The molecule has 7 nitrogen and oxygen atoms in total. The molecule has 0 aromatic heterocycles. The number of rotatable bonds is 7. The Kier molecular flexibility index (Phi) is 7.24. The van der Waals surface area contributed by atoms with Crippen LogP contribution in [0.3, 0.4) is 0 Å². The summed E-state index contributed by atoms with van der Waals surface area (Å²) in [5.41, 5.74) is 3.30. The largest absolute Gasteiger partial charge is 0.493 e. The Morgan fingerprint density at radius 3 is 2.59 bits per heavy atom. The van der Waals surface area contributed by atoms with E-state index >= 15 is 0 Å². The van der Waals surface area contributed by atoms with Crippen LogP contribution in [0.15, 0.2) is 53.4 Å². The van der Waals surface area contributed by atoms with Gasteiger partial charge in [-0.1, -0.05) is 53.0 Å². The molecule has 10 heteroatoms. The summed E-state index contributed by atoms with van der Waals surface area (Å²) >= 11 is 13.7. The van der Waals surface area contributed by atoms with Crippen molar-refractivity contribution >= 4 is 52.2 Å². The third-order valence-corrected chi connectivity index (χ3v) is 7.30. The molecule has 1 fully saturated rings. The highest BCUT2D eigenvalue weighted by Gasteiger charge is 2.36. The van der Waals surface area contributed by atoms with Crippen molar-refractivity contribution in [1.29, 1.82) is 0 Å². The molecule has 0 saturated carbocycles. The van der Waals surface area contributed by atoms with Gasteiger partial charge in [-0.05, 0) is 59.7 Å². The van der Waals surface area contributed by atoms with Gasteiger partial charge in [-0.2, -0.15) is 0 Å². The molecular weight excluding hydrogens is 537 g/mol. The number of hydrogen-bond donors (Lipinski definition) is 0. The zero-order valence-corrected chi connectivity index (χ0v) is 22.2. The Balaban J connectivity index is 1.34. The number of benzene rings is 3. The maximum atomic E-state index is 13.1. The van der Waals surface area contributed by atoms with Crippen molar-refractivity contribution in [2.75, 3.05) is 13.9 Å². The van der Waals surface area contributed by atoms with Crippen molar-refractivity contribution in [2.45, 2.75) is 20.1 Å². The second-order valence-corrected chi connectivity index (χ2v) is 10.2. The van der Waals surface area contributed by atoms with Gasteiger partial charge in [0.25, 0.3) is 11.1 Å². The molecule has 5 rings (SSSR count). The van der Waals surface area contributed by atoms with E-state index in [9.17, 15) is 9.59 Å². The van der Waals surface area contributed by atoms with Gasteiger partial charge >= 0.3 is 0 Å². The summed E-state index contributed by atoms with van der Waals surface area (Å²) in [7, 11) is 1.51. The van der Waals surface area contributed by atoms with Gasteiger partial charge in [-0.25, -0.2) is 0 Å². The smallest absolute Gasteiger partial charge is 0.293 e. The lowest BCUT2D eigenvalue weighted by molar-refractivity contribution is -0.123. The van der Waals surface area contributed by atoms with Crippen LogP contribution in [0.25, 0.3) is 6.08 Å². The Morgan fingerprint density at radius 1 is 1.05 bits per heavy atom. The maximum absolute atomic E-state index is 13.1. The minimum atomic E-state index is -0.432. The van der Waals surface area contributed by atoms with E-state index in [2.05, 4.69) is 0 Å². The highest BCUT2D eigenvalue weighted by Crippen LogP contribution is 2.41. The molecule has 0 atom stereocenters. The van der Waals surface area contributed by atoms with E-state index in [0.29, 0.717) is 50.8 Å². The average Bonchev–Trinajstić information content (AvgIpc) is 3.42. The van der Waals surface area contributed by atoms with E-state index in [1.54, 1.807) is 30.3 Å². The van der Waals surface area contributed by atoms with Crippen molar-refractivity contribution in [3.05, 3.63) is 85.7 Å². The molecule has 0 aliphatic carbocycles. The molecule has 2 heterocycles. The van der Waals surface area contributed by atoms with E-state index in [1.807, 2.05) is 31.2 Å². The highest BCUT2D eigenvalue weighted by atomic mass is 35.5. The van der Waals surface area contributed by atoms with Crippen molar-refractivity contribution in [2.24, 2.45) is 0 Å². The molecule has 0 spiro atoms. The predicted molar refractivity (Wildman–Crippen MR) is 143 cm³/mol. The van der Waals surface area contributed by atoms with Crippen LogP contribution in [0.2, 0.25) is 10.0 Å². The van der Waals surface area contributed by atoms with Crippen molar-refractivity contribution in [1.82, 2.24) is 4.90 Å². The van der Waals surface area contributed by atoms with Crippen LogP contribution in [-0.4, -0.2) is 29.9 Å². The van der Waals surface area contributed by atoms with Crippen LogP contribution in [0.1, 0.15) is 22.3 Å². The average molecular weight is 558 g/mol. The number of amides is 2. The number of carbonyl (C=O) groups excluding carboxylic acids is 2. The number of carbonyl (C=O) groups is 2. The Hall–Kier alpha value is -3.33. The first kappa shape index (κ1) is 25.3. The van der Waals surface area contributed by atoms with Crippen molar-refractivity contribution in [3.8, 4) is 23.0 Å². The van der Waals surface area contributed by atoms with E-state index in [-0.39, 0.29) is 18.2 Å². The van der Waals surface area contributed by atoms with Gasteiger partial charge in [0.15, 0.2) is 23.0 Å². The topological polar surface area (TPSA) is 74.3 Å². The minimum absolute atomic E-state index is 0.00724. The van der Waals surface area contributed by atoms with Gasteiger partial charge in [0.1, 0.15) is 6.61 Å². The second-order valence-electron chi connectivity index (χ2n) is 8.38. The molecule has 190 valence electrons. The number of methoxy groups -OCH3 is 1. The van der Waals surface area contributed by atoms with Gasteiger partial charge in [0.2, 0.25) is 6.79 Å².